The molecule has 0 aliphatic carbocycles. The quantitative estimate of drug-likeness (QED) is 0.342. The van der Waals surface area contributed by atoms with E-state index in [4.69, 9.17) is 5.84 Å². The number of amides is 2. The molecule has 1 rings (SSSR count). The second-order valence-corrected chi connectivity index (χ2v) is 4.38. The smallest absolute Gasteiger partial charge is 0.251 e. The fourth-order valence-electron chi connectivity index (χ4n) is 2.41. The molecule has 0 aromatic rings. The molecule has 2 atom stereocenters. The lowest BCUT2D eigenvalue weighted by Gasteiger charge is -2.36. The highest BCUT2D eigenvalue weighted by molar-refractivity contribution is 5.81. The Morgan fingerprint density at radius 1 is 1.53 bits per heavy atom. The highest BCUT2D eigenvalue weighted by Gasteiger charge is 2.31. The molecule has 4 N–H and O–H groups in total. The van der Waals surface area contributed by atoms with Crippen LogP contribution in [0.4, 0.5) is 0 Å². The summed E-state index contributed by atoms with van der Waals surface area (Å²) in [4.78, 5) is 25.3. The lowest BCUT2D eigenvalue weighted by molar-refractivity contribution is -0.131. The third kappa shape index (κ3) is 3.41. The van der Waals surface area contributed by atoms with Crippen molar-refractivity contribution in [1.29, 1.82) is 0 Å². The summed E-state index contributed by atoms with van der Waals surface area (Å²) in [7, 11) is 1.64. The van der Waals surface area contributed by atoms with Crippen molar-refractivity contribution in [3.05, 3.63) is 0 Å². The predicted octanol–water partition coefficient (Wildman–Crippen LogP) is -0.787. The Kier molecular flexibility index (Phi) is 5.37. The zero-order chi connectivity index (χ0) is 12.8. The molecule has 1 heterocycles. The third-order valence-corrected chi connectivity index (χ3v) is 3.34. The van der Waals surface area contributed by atoms with Crippen LogP contribution < -0.4 is 16.6 Å². The first kappa shape index (κ1) is 13.9. The second-order valence-electron chi connectivity index (χ2n) is 4.38. The number of nitrogens with zero attached hydrogens (tertiary/aromatic N) is 1. The van der Waals surface area contributed by atoms with Gasteiger partial charge in [0.05, 0.1) is 12.0 Å². The van der Waals surface area contributed by atoms with Crippen LogP contribution in [0.1, 0.15) is 26.2 Å². The Morgan fingerprint density at radius 2 is 2.24 bits per heavy atom. The summed E-state index contributed by atoms with van der Waals surface area (Å²) < 4.78 is 0. The molecule has 1 saturated heterocycles. The molecule has 1 fully saturated rings. The molecule has 0 aromatic heterocycles. The predicted molar refractivity (Wildman–Crippen MR) is 64.8 cm³/mol. The zero-order valence-electron chi connectivity index (χ0n) is 10.5. The Hall–Kier alpha value is -1.14. The summed E-state index contributed by atoms with van der Waals surface area (Å²) in [6, 6.07) is -0.229. The highest BCUT2D eigenvalue weighted by atomic mass is 16.2. The van der Waals surface area contributed by atoms with Crippen molar-refractivity contribution in [3.63, 3.8) is 0 Å². The van der Waals surface area contributed by atoms with E-state index in [1.807, 2.05) is 11.8 Å². The minimum Gasteiger partial charge on any atom is -0.359 e. The van der Waals surface area contributed by atoms with Gasteiger partial charge in [-0.2, -0.15) is 0 Å². The van der Waals surface area contributed by atoms with Gasteiger partial charge in [0, 0.05) is 13.6 Å². The van der Waals surface area contributed by atoms with Gasteiger partial charge >= 0.3 is 0 Å². The van der Waals surface area contributed by atoms with Crippen molar-refractivity contribution in [3.8, 4) is 0 Å². The molecule has 1 aliphatic rings. The Bertz CT molecular complexity index is 283. The van der Waals surface area contributed by atoms with Gasteiger partial charge in [-0.3, -0.25) is 19.9 Å². The van der Waals surface area contributed by atoms with Gasteiger partial charge in [-0.25, -0.2) is 5.84 Å². The lowest BCUT2D eigenvalue weighted by atomic mass is 9.95. The number of hydrogen-bond donors (Lipinski definition) is 3. The van der Waals surface area contributed by atoms with Crippen LogP contribution in [0.3, 0.4) is 0 Å². The van der Waals surface area contributed by atoms with Crippen LogP contribution in [0.15, 0.2) is 0 Å². The van der Waals surface area contributed by atoms with Gasteiger partial charge < -0.3 is 5.32 Å². The summed E-state index contributed by atoms with van der Waals surface area (Å²) in [6.45, 7) is 3.43. The first-order valence-corrected chi connectivity index (χ1v) is 6.10. The molecule has 0 radical (unpaired) electrons. The van der Waals surface area contributed by atoms with Crippen molar-refractivity contribution >= 4 is 11.8 Å². The number of rotatable bonds is 4. The van der Waals surface area contributed by atoms with Crippen LogP contribution in [-0.2, 0) is 9.59 Å². The molecule has 0 aromatic carbocycles. The number of nitrogens with one attached hydrogen (secondary N) is 2. The largest absolute Gasteiger partial charge is 0.359 e. The molecular weight excluding hydrogens is 220 g/mol. The molecule has 6 heteroatoms. The van der Waals surface area contributed by atoms with Crippen LogP contribution in [0, 0.1) is 5.92 Å². The molecule has 2 amide bonds. The summed E-state index contributed by atoms with van der Waals surface area (Å²) >= 11 is 0. The number of piperidine rings is 1. The third-order valence-electron chi connectivity index (χ3n) is 3.34. The van der Waals surface area contributed by atoms with Crippen molar-refractivity contribution in [1.82, 2.24) is 15.6 Å². The van der Waals surface area contributed by atoms with Gasteiger partial charge in [0.2, 0.25) is 5.91 Å². The average molecular weight is 242 g/mol. The Morgan fingerprint density at radius 3 is 2.76 bits per heavy atom. The first-order chi connectivity index (χ1) is 8.13. The van der Waals surface area contributed by atoms with Crippen LogP contribution in [0.25, 0.3) is 0 Å². The molecule has 0 spiro atoms. The highest BCUT2D eigenvalue weighted by Crippen LogP contribution is 2.19. The van der Waals surface area contributed by atoms with E-state index in [0.29, 0.717) is 13.0 Å². The minimum absolute atomic E-state index is 0.0200. The van der Waals surface area contributed by atoms with E-state index in [9.17, 15) is 9.59 Å². The van der Waals surface area contributed by atoms with E-state index >= 15 is 0 Å². The lowest BCUT2D eigenvalue weighted by Crippen LogP contribution is -2.53. The number of likely N-dealkylation sites (tertiary alicyclic amines) is 1. The fourth-order valence-corrected chi connectivity index (χ4v) is 2.41. The van der Waals surface area contributed by atoms with Gasteiger partial charge in [-0.05, 0) is 25.8 Å². The average Bonchev–Trinajstić information content (AvgIpc) is 2.38. The number of hydrogen-bond acceptors (Lipinski definition) is 4. The molecule has 1 aliphatic heterocycles. The first-order valence-electron chi connectivity index (χ1n) is 6.10. The number of nitrogens with two attached hydrogens (primary N) is 1. The second kappa shape index (κ2) is 6.56. The van der Waals surface area contributed by atoms with Crippen LogP contribution in [-0.4, -0.2) is 42.9 Å². The number of hydrazine groups is 1. The fraction of sp³-hybridized carbons (Fsp3) is 0.818. The van der Waals surface area contributed by atoms with Crippen molar-refractivity contribution in [2.75, 3.05) is 20.1 Å². The summed E-state index contributed by atoms with van der Waals surface area (Å²) in [5.74, 6) is 5.03. The van der Waals surface area contributed by atoms with Crippen molar-refractivity contribution in [2.45, 2.75) is 32.2 Å². The minimum atomic E-state index is -0.229. The monoisotopic (exact) mass is 242 g/mol. The Balaban J connectivity index is 2.64. The van der Waals surface area contributed by atoms with E-state index in [2.05, 4.69) is 10.7 Å². The van der Waals surface area contributed by atoms with Gasteiger partial charge in [0.25, 0.3) is 5.91 Å². The maximum atomic E-state index is 11.6. The molecule has 17 heavy (non-hydrogen) atoms. The maximum Gasteiger partial charge on any atom is 0.251 e. The molecule has 0 bridgehead atoms. The molecule has 0 saturated carbocycles. The van der Waals surface area contributed by atoms with Gasteiger partial charge in [-0.15, -0.1) is 0 Å². The topological polar surface area (TPSA) is 87.5 Å². The van der Waals surface area contributed by atoms with E-state index < -0.39 is 0 Å². The molecule has 98 valence electrons. The Labute approximate surface area is 102 Å². The van der Waals surface area contributed by atoms with Gasteiger partial charge in [-0.1, -0.05) is 6.92 Å². The van der Waals surface area contributed by atoms with Crippen LogP contribution in [0.2, 0.25) is 0 Å². The van der Waals surface area contributed by atoms with Crippen molar-refractivity contribution in [2.24, 2.45) is 11.8 Å². The van der Waals surface area contributed by atoms with E-state index in [1.165, 1.54) is 0 Å². The van der Waals surface area contributed by atoms with Gasteiger partial charge in [0.15, 0.2) is 0 Å². The van der Waals surface area contributed by atoms with Gasteiger partial charge in [0.1, 0.15) is 0 Å². The van der Waals surface area contributed by atoms with E-state index in [1.54, 1.807) is 7.05 Å². The number of carbonyl (C=O) groups is 2. The molecule has 2 unspecified atom stereocenters. The number of carbonyl (C=O) groups excluding carboxylic acids is 2. The standard InChI is InChI=1S/C11H22N4O2/c1-3-9(11(17)14-12)15-6-4-5-8(7-15)10(16)13-2/h8-9H,3-7,12H2,1-2H3,(H,13,16)(H,14,17). The van der Waals surface area contributed by atoms with E-state index in [0.717, 1.165) is 19.4 Å². The normalized spacial score (nSPS) is 22.9. The van der Waals surface area contributed by atoms with Crippen LogP contribution >= 0.6 is 0 Å². The summed E-state index contributed by atoms with van der Waals surface area (Å²) in [5, 5.41) is 2.66. The maximum absolute atomic E-state index is 11.6. The molecule has 6 nitrogen and oxygen atoms in total. The molecular formula is C11H22N4O2. The van der Waals surface area contributed by atoms with E-state index in [-0.39, 0.29) is 23.8 Å². The summed E-state index contributed by atoms with van der Waals surface area (Å²) in [6.07, 6.45) is 2.52. The zero-order valence-corrected chi connectivity index (χ0v) is 10.5. The van der Waals surface area contributed by atoms with Crippen molar-refractivity contribution < 1.29 is 9.59 Å². The SMILES string of the molecule is CCC(C(=O)NN)N1CCCC(C(=O)NC)C1. The van der Waals surface area contributed by atoms with Crippen LogP contribution in [0.5, 0.6) is 0 Å². The summed E-state index contributed by atoms with van der Waals surface area (Å²) in [5.41, 5.74) is 2.19.